The molecule has 0 amide bonds. The van der Waals surface area contributed by atoms with Crippen molar-refractivity contribution in [2.24, 2.45) is 0 Å². The Hall–Kier alpha value is -1.15. The molecule has 1 saturated heterocycles. The van der Waals surface area contributed by atoms with Crippen molar-refractivity contribution in [3.05, 3.63) is 35.4 Å². The number of piperidine rings is 1. The van der Waals surface area contributed by atoms with Crippen LogP contribution < -0.4 is 5.32 Å². The molecule has 1 heterocycles. The van der Waals surface area contributed by atoms with E-state index in [1.807, 2.05) is 12.1 Å². The molecule has 1 fully saturated rings. The summed E-state index contributed by atoms with van der Waals surface area (Å²) in [5, 5.41) is 3.52. The van der Waals surface area contributed by atoms with Gasteiger partial charge in [-0.15, -0.1) is 0 Å². The molecule has 2 rings (SSSR count). The minimum absolute atomic E-state index is 0.268. The lowest BCUT2D eigenvalue weighted by Gasteiger charge is -2.28. The lowest BCUT2D eigenvalue weighted by atomic mass is 9.94. The van der Waals surface area contributed by atoms with Gasteiger partial charge in [0.2, 0.25) is 0 Å². The summed E-state index contributed by atoms with van der Waals surface area (Å²) in [5.74, 6) is 0.268. The van der Waals surface area contributed by atoms with E-state index in [1.165, 1.54) is 18.4 Å². The molecular weight excluding hydrogens is 222 g/mol. The molecule has 2 unspecified atom stereocenters. The average molecular weight is 245 g/mol. The number of hydrogen-bond donors (Lipinski definition) is 1. The zero-order chi connectivity index (χ0) is 13.0. The van der Waals surface area contributed by atoms with E-state index in [0.29, 0.717) is 18.5 Å². The van der Waals surface area contributed by atoms with Crippen molar-refractivity contribution < 1.29 is 4.79 Å². The van der Waals surface area contributed by atoms with Gasteiger partial charge in [0.05, 0.1) is 0 Å². The van der Waals surface area contributed by atoms with Gasteiger partial charge in [-0.1, -0.05) is 37.6 Å². The molecule has 1 N–H and O–H groups in total. The van der Waals surface area contributed by atoms with Crippen molar-refractivity contribution in [2.75, 3.05) is 0 Å². The van der Waals surface area contributed by atoms with Crippen molar-refractivity contribution in [2.45, 2.75) is 58.0 Å². The summed E-state index contributed by atoms with van der Waals surface area (Å²) in [6, 6.07) is 8.97. The maximum absolute atomic E-state index is 12.2. The Morgan fingerprint density at radius 1 is 1.28 bits per heavy atom. The average Bonchev–Trinajstić information content (AvgIpc) is 2.39. The molecule has 0 radical (unpaired) electrons. The Morgan fingerprint density at radius 2 is 2.00 bits per heavy atom. The van der Waals surface area contributed by atoms with Crippen LogP contribution in [0.2, 0.25) is 0 Å². The number of ketones is 1. The van der Waals surface area contributed by atoms with Gasteiger partial charge in [-0.25, -0.2) is 0 Å². The Bertz CT molecular complexity index is 396. The number of benzene rings is 1. The molecule has 0 spiro atoms. The second-order valence-corrected chi connectivity index (χ2v) is 5.37. The van der Waals surface area contributed by atoms with Crippen LogP contribution in [0.5, 0.6) is 0 Å². The smallest absolute Gasteiger partial charge is 0.164 e. The molecule has 0 aliphatic carbocycles. The third-order valence-electron chi connectivity index (χ3n) is 3.83. The van der Waals surface area contributed by atoms with Crippen LogP contribution in [-0.4, -0.2) is 17.9 Å². The molecule has 0 bridgehead atoms. The van der Waals surface area contributed by atoms with Gasteiger partial charge >= 0.3 is 0 Å². The highest BCUT2D eigenvalue weighted by atomic mass is 16.1. The Kier molecular flexibility index (Phi) is 4.54. The molecule has 1 aliphatic rings. The van der Waals surface area contributed by atoms with E-state index < -0.39 is 0 Å². The van der Waals surface area contributed by atoms with Crippen molar-refractivity contribution in [3.63, 3.8) is 0 Å². The maximum Gasteiger partial charge on any atom is 0.164 e. The lowest BCUT2D eigenvalue weighted by Crippen LogP contribution is -2.41. The first kappa shape index (κ1) is 13.3. The fourth-order valence-corrected chi connectivity index (χ4v) is 2.67. The molecule has 2 nitrogen and oxygen atoms in total. The standard InChI is InChI=1S/C16H23NO/c1-3-13-7-9-14(10-8-13)16(18)11-15-6-4-5-12(2)17-15/h7-10,12,15,17H,3-6,11H2,1-2H3. The lowest BCUT2D eigenvalue weighted by molar-refractivity contribution is 0.0960. The normalized spacial score (nSPS) is 23.9. The first-order valence-electron chi connectivity index (χ1n) is 7.07. The van der Waals surface area contributed by atoms with E-state index in [2.05, 4.69) is 31.3 Å². The quantitative estimate of drug-likeness (QED) is 0.824. The minimum Gasteiger partial charge on any atom is -0.311 e. The van der Waals surface area contributed by atoms with Gasteiger partial charge in [0, 0.05) is 24.1 Å². The number of carbonyl (C=O) groups excluding carboxylic acids is 1. The summed E-state index contributed by atoms with van der Waals surface area (Å²) >= 11 is 0. The Labute approximate surface area is 110 Å². The van der Waals surface area contributed by atoms with Crippen molar-refractivity contribution >= 4 is 5.78 Å². The van der Waals surface area contributed by atoms with Gasteiger partial charge in [0.15, 0.2) is 5.78 Å². The van der Waals surface area contributed by atoms with Crippen LogP contribution in [0.25, 0.3) is 0 Å². The van der Waals surface area contributed by atoms with E-state index >= 15 is 0 Å². The molecule has 18 heavy (non-hydrogen) atoms. The zero-order valence-corrected chi connectivity index (χ0v) is 11.4. The van der Waals surface area contributed by atoms with Crippen LogP contribution in [0, 0.1) is 0 Å². The molecule has 0 saturated carbocycles. The van der Waals surface area contributed by atoms with Crippen LogP contribution in [0.15, 0.2) is 24.3 Å². The molecule has 1 aliphatic heterocycles. The summed E-state index contributed by atoms with van der Waals surface area (Å²) < 4.78 is 0. The summed E-state index contributed by atoms with van der Waals surface area (Å²) in [5.41, 5.74) is 2.14. The predicted molar refractivity (Wildman–Crippen MR) is 75.0 cm³/mol. The fourth-order valence-electron chi connectivity index (χ4n) is 2.67. The van der Waals surface area contributed by atoms with Crippen molar-refractivity contribution in [3.8, 4) is 0 Å². The molecular formula is C16H23NO. The van der Waals surface area contributed by atoms with Crippen LogP contribution in [0.1, 0.15) is 55.5 Å². The second kappa shape index (κ2) is 6.14. The second-order valence-electron chi connectivity index (χ2n) is 5.37. The fraction of sp³-hybridized carbons (Fsp3) is 0.562. The summed E-state index contributed by atoms with van der Waals surface area (Å²) in [6.07, 6.45) is 5.26. The van der Waals surface area contributed by atoms with E-state index in [0.717, 1.165) is 18.4 Å². The predicted octanol–water partition coefficient (Wildman–Crippen LogP) is 3.35. The van der Waals surface area contributed by atoms with Gasteiger partial charge in [0.1, 0.15) is 0 Å². The van der Waals surface area contributed by atoms with Crippen LogP contribution >= 0.6 is 0 Å². The van der Waals surface area contributed by atoms with E-state index in [1.54, 1.807) is 0 Å². The number of hydrogen-bond acceptors (Lipinski definition) is 2. The summed E-state index contributed by atoms with van der Waals surface area (Å²) in [4.78, 5) is 12.2. The minimum atomic E-state index is 0.268. The van der Waals surface area contributed by atoms with E-state index in [4.69, 9.17) is 0 Å². The van der Waals surface area contributed by atoms with E-state index in [-0.39, 0.29) is 5.78 Å². The van der Waals surface area contributed by atoms with Gasteiger partial charge in [-0.2, -0.15) is 0 Å². The zero-order valence-electron chi connectivity index (χ0n) is 11.4. The molecule has 1 aromatic carbocycles. The van der Waals surface area contributed by atoms with Gasteiger partial charge in [-0.05, 0) is 31.7 Å². The van der Waals surface area contributed by atoms with Crippen LogP contribution in [-0.2, 0) is 6.42 Å². The molecule has 1 aromatic rings. The topological polar surface area (TPSA) is 29.1 Å². The number of carbonyl (C=O) groups is 1. The third-order valence-corrected chi connectivity index (χ3v) is 3.83. The Balaban J connectivity index is 1.94. The highest BCUT2D eigenvalue weighted by Gasteiger charge is 2.20. The SMILES string of the molecule is CCc1ccc(C(=O)CC2CCCC(C)N2)cc1. The highest BCUT2D eigenvalue weighted by Crippen LogP contribution is 2.17. The first-order chi connectivity index (χ1) is 8.69. The monoisotopic (exact) mass is 245 g/mol. The number of aryl methyl sites for hydroxylation is 1. The number of rotatable bonds is 4. The van der Waals surface area contributed by atoms with Crippen LogP contribution in [0.4, 0.5) is 0 Å². The van der Waals surface area contributed by atoms with E-state index in [9.17, 15) is 4.79 Å². The molecule has 98 valence electrons. The van der Waals surface area contributed by atoms with Crippen LogP contribution in [0.3, 0.4) is 0 Å². The third kappa shape index (κ3) is 3.42. The largest absolute Gasteiger partial charge is 0.311 e. The highest BCUT2D eigenvalue weighted by molar-refractivity contribution is 5.96. The summed E-state index contributed by atoms with van der Waals surface area (Å²) in [7, 11) is 0. The summed E-state index contributed by atoms with van der Waals surface area (Å²) in [6.45, 7) is 4.33. The Morgan fingerprint density at radius 3 is 2.61 bits per heavy atom. The van der Waals surface area contributed by atoms with Crippen molar-refractivity contribution in [1.29, 1.82) is 0 Å². The number of nitrogens with one attached hydrogen (secondary N) is 1. The molecule has 2 heteroatoms. The molecule has 2 atom stereocenters. The van der Waals surface area contributed by atoms with Crippen molar-refractivity contribution in [1.82, 2.24) is 5.32 Å². The van der Waals surface area contributed by atoms with Gasteiger partial charge in [0.25, 0.3) is 0 Å². The van der Waals surface area contributed by atoms with Gasteiger partial charge < -0.3 is 5.32 Å². The number of Topliss-reactive ketones (excluding diaryl/α,β-unsaturated/α-hetero) is 1. The maximum atomic E-state index is 12.2. The molecule has 0 aromatic heterocycles. The first-order valence-corrected chi connectivity index (χ1v) is 7.07. The van der Waals surface area contributed by atoms with Gasteiger partial charge in [-0.3, -0.25) is 4.79 Å².